The van der Waals surface area contributed by atoms with Crippen molar-refractivity contribution >= 4 is 74.4 Å². The molecule has 2 aromatic rings. The van der Waals surface area contributed by atoms with E-state index in [1.54, 1.807) is 30.3 Å². The predicted molar refractivity (Wildman–Crippen MR) is 128 cm³/mol. The lowest BCUT2D eigenvalue weighted by Gasteiger charge is -2.25. The number of likely N-dealkylation sites (N-methyl/N-ethyl adjacent to an activating group) is 1. The zero-order valence-corrected chi connectivity index (χ0v) is 20.4. The number of carbonyl (C=O) groups excluding carboxylic acids is 2. The third kappa shape index (κ3) is 5.38. The summed E-state index contributed by atoms with van der Waals surface area (Å²) >= 11 is 20.6. The number of amides is 2. The molecule has 2 amide bonds. The Morgan fingerprint density at radius 2 is 1.94 bits per heavy atom. The molecule has 0 atom stereocenters. The second-order valence-electron chi connectivity index (χ2n) is 6.47. The highest BCUT2D eigenvalue weighted by Crippen LogP contribution is 2.38. The van der Waals surface area contributed by atoms with E-state index in [1.165, 1.54) is 18.0 Å². The Morgan fingerprint density at radius 3 is 2.61 bits per heavy atom. The number of hydrogen-bond acceptors (Lipinski definition) is 5. The summed E-state index contributed by atoms with van der Waals surface area (Å²) in [4.78, 5) is 25.9. The van der Waals surface area contributed by atoms with Crippen LogP contribution in [0.15, 0.2) is 40.4 Å². The molecule has 162 valence electrons. The van der Waals surface area contributed by atoms with Crippen LogP contribution in [0.5, 0.6) is 11.5 Å². The molecule has 10 heteroatoms. The smallest absolute Gasteiger partial charge is 0.265 e. The first kappa shape index (κ1) is 23.5. The molecule has 1 fully saturated rings. The van der Waals surface area contributed by atoms with Crippen LogP contribution in [-0.4, -0.2) is 35.5 Å². The van der Waals surface area contributed by atoms with Gasteiger partial charge in [-0.1, -0.05) is 29.3 Å². The Labute approximate surface area is 203 Å². The van der Waals surface area contributed by atoms with E-state index >= 15 is 0 Å². The average molecular weight is 544 g/mol. The van der Waals surface area contributed by atoms with Crippen molar-refractivity contribution in [3.63, 3.8) is 0 Å². The lowest BCUT2D eigenvalue weighted by molar-refractivity contribution is -0.128. The summed E-state index contributed by atoms with van der Waals surface area (Å²) in [5.74, 6) is -0.130. The summed E-state index contributed by atoms with van der Waals surface area (Å²) < 4.78 is 12.3. The van der Waals surface area contributed by atoms with Gasteiger partial charge in [0.1, 0.15) is 12.2 Å². The molecule has 6 nitrogen and oxygen atoms in total. The fourth-order valence-corrected chi connectivity index (χ4v) is 3.99. The lowest BCUT2D eigenvalue weighted by Crippen LogP contribution is -2.52. The average Bonchev–Trinajstić information content (AvgIpc) is 2.70. The molecule has 0 aromatic heterocycles. The predicted octanol–water partition coefficient (Wildman–Crippen LogP) is 4.99. The molecule has 0 saturated carbocycles. The van der Waals surface area contributed by atoms with Gasteiger partial charge in [-0.3, -0.25) is 19.8 Å². The Bertz CT molecular complexity index is 1110. The maximum Gasteiger partial charge on any atom is 0.265 e. The molecule has 0 radical (unpaired) electrons. The molecular weight excluding hydrogens is 527 g/mol. The number of benzene rings is 2. The molecule has 1 aliphatic heterocycles. The van der Waals surface area contributed by atoms with Gasteiger partial charge in [-0.25, -0.2) is 0 Å². The van der Waals surface area contributed by atoms with Gasteiger partial charge in [0.2, 0.25) is 0 Å². The lowest BCUT2D eigenvalue weighted by atomic mass is 10.1. The van der Waals surface area contributed by atoms with Crippen LogP contribution in [0.1, 0.15) is 18.1 Å². The number of thiocarbonyl (C=S) groups is 1. The van der Waals surface area contributed by atoms with Crippen LogP contribution in [0.4, 0.5) is 0 Å². The molecule has 0 unspecified atom stereocenters. The van der Waals surface area contributed by atoms with Crippen molar-refractivity contribution in [3.8, 4) is 11.5 Å². The fraction of sp³-hybridized carbons (Fsp3) is 0.190. The third-order valence-corrected chi connectivity index (χ3v) is 5.89. The number of hydrogen-bond donors (Lipinski definition) is 1. The first-order valence-corrected chi connectivity index (χ1v) is 11.0. The van der Waals surface area contributed by atoms with E-state index in [0.29, 0.717) is 38.2 Å². The van der Waals surface area contributed by atoms with E-state index in [0.717, 1.165) is 5.56 Å². The molecule has 3 rings (SSSR count). The number of nitrogens with zero attached hydrogens (tertiary/aromatic N) is 1. The van der Waals surface area contributed by atoms with Crippen molar-refractivity contribution < 1.29 is 19.1 Å². The van der Waals surface area contributed by atoms with Gasteiger partial charge in [0.05, 0.1) is 11.1 Å². The van der Waals surface area contributed by atoms with Crippen LogP contribution in [0.2, 0.25) is 10.0 Å². The highest BCUT2D eigenvalue weighted by Gasteiger charge is 2.30. The first-order valence-electron chi connectivity index (χ1n) is 9.09. The first-order chi connectivity index (χ1) is 14.7. The number of rotatable bonds is 6. The largest absolute Gasteiger partial charge is 0.490 e. The van der Waals surface area contributed by atoms with E-state index in [4.69, 9.17) is 44.9 Å². The minimum Gasteiger partial charge on any atom is -0.490 e. The molecule has 1 aliphatic rings. The fourth-order valence-electron chi connectivity index (χ4n) is 2.78. The summed E-state index contributed by atoms with van der Waals surface area (Å²) in [6.07, 6.45) is 1.48. The molecule has 0 aliphatic carbocycles. The molecule has 1 saturated heterocycles. The van der Waals surface area contributed by atoms with Gasteiger partial charge in [0.15, 0.2) is 16.6 Å². The normalized spacial score (nSPS) is 15.3. The molecule has 31 heavy (non-hydrogen) atoms. The van der Waals surface area contributed by atoms with E-state index in [9.17, 15) is 9.59 Å². The van der Waals surface area contributed by atoms with Crippen molar-refractivity contribution in [2.45, 2.75) is 13.5 Å². The Morgan fingerprint density at radius 1 is 1.19 bits per heavy atom. The van der Waals surface area contributed by atoms with Gasteiger partial charge in [-0.05, 0) is 71.0 Å². The molecule has 0 bridgehead atoms. The standard InChI is InChI=1S/C21H17BrCl2N2O4S/c1-3-29-17-8-11(6-14-19(27)25-21(31)26(2)20(14)28)7-15(22)18(17)30-10-12-4-5-13(23)9-16(12)24/h4-9H,3,10H2,1-2H3,(H,25,27,31)/b14-6+. The number of carbonyl (C=O) groups is 2. The van der Waals surface area contributed by atoms with E-state index in [2.05, 4.69) is 21.2 Å². The monoisotopic (exact) mass is 542 g/mol. The van der Waals surface area contributed by atoms with Gasteiger partial charge in [0, 0.05) is 22.7 Å². The summed E-state index contributed by atoms with van der Waals surface area (Å²) in [7, 11) is 1.50. The number of nitrogens with one attached hydrogen (secondary N) is 1. The van der Waals surface area contributed by atoms with Crippen molar-refractivity contribution in [1.82, 2.24) is 10.2 Å². The number of halogens is 3. The highest BCUT2D eigenvalue weighted by molar-refractivity contribution is 9.10. The summed E-state index contributed by atoms with van der Waals surface area (Å²) in [5.41, 5.74) is 1.30. The topological polar surface area (TPSA) is 67.9 Å². The quantitative estimate of drug-likeness (QED) is 0.316. The molecule has 1 N–H and O–H groups in total. The summed E-state index contributed by atoms with van der Waals surface area (Å²) in [6.45, 7) is 2.42. The second kappa shape index (κ2) is 9.99. The number of ether oxygens (including phenoxy) is 2. The van der Waals surface area contributed by atoms with Gasteiger partial charge in [0.25, 0.3) is 11.8 Å². The zero-order valence-electron chi connectivity index (χ0n) is 16.5. The minimum absolute atomic E-state index is 0.0351. The second-order valence-corrected chi connectivity index (χ2v) is 8.55. The van der Waals surface area contributed by atoms with Crippen molar-refractivity contribution in [1.29, 1.82) is 0 Å². The van der Waals surface area contributed by atoms with Crippen molar-refractivity contribution in [2.75, 3.05) is 13.7 Å². The highest BCUT2D eigenvalue weighted by atomic mass is 79.9. The van der Waals surface area contributed by atoms with Crippen LogP contribution in [-0.2, 0) is 16.2 Å². The molecule has 2 aromatic carbocycles. The van der Waals surface area contributed by atoms with E-state index in [1.807, 2.05) is 6.92 Å². The molecule has 0 spiro atoms. The molecule has 1 heterocycles. The van der Waals surface area contributed by atoms with Crippen molar-refractivity contribution in [3.05, 3.63) is 61.5 Å². The van der Waals surface area contributed by atoms with Crippen molar-refractivity contribution in [2.24, 2.45) is 0 Å². The van der Waals surface area contributed by atoms with Crippen LogP contribution in [0.3, 0.4) is 0 Å². The van der Waals surface area contributed by atoms with Crippen LogP contribution >= 0.6 is 51.3 Å². The van der Waals surface area contributed by atoms with Gasteiger partial charge in [-0.15, -0.1) is 0 Å². The van der Waals surface area contributed by atoms with Crippen LogP contribution in [0, 0.1) is 0 Å². The van der Waals surface area contributed by atoms with Gasteiger partial charge >= 0.3 is 0 Å². The maximum atomic E-state index is 12.4. The SMILES string of the molecule is CCOc1cc(/C=C2\C(=O)NC(=S)N(C)C2=O)cc(Br)c1OCc1ccc(Cl)cc1Cl. The maximum absolute atomic E-state index is 12.4. The van der Waals surface area contributed by atoms with Crippen LogP contribution < -0.4 is 14.8 Å². The zero-order chi connectivity index (χ0) is 22.7. The van der Waals surface area contributed by atoms with Gasteiger partial charge in [-0.2, -0.15) is 0 Å². The van der Waals surface area contributed by atoms with E-state index < -0.39 is 11.8 Å². The summed E-state index contributed by atoms with van der Waals surface area (Å²) in [6, 6.07) is 8.57. The Hall–Kier alpha value is -2.13. The summed E-state index contributed by atoms with van der Waals surface area (Å²) in [5, 5.41) is 3.58. The van der Waals surface area contributed by atoms with Crippen LogP contribution in [0.25, 0.3) is 6.08 Å². The minimum atomic E-state index is -0.556. The Balaban J connectivity index is 1.92. The Kier molecular flexibility index (Phi) is 7.59. The molecular formula is C21H17BrCl2N2O4S. The van der Waals surface area contributed by atoms with E-state index in [-0.39, 0.29) is 17.3 Å². The third-order valence-electron chi connectivity index (χ3n) is 4.33. The van der Waals surface area contributed by atoms with Gasteiger partial charge < -0.3 is 9.47 Å².